The van der Waals surface area contributed by atoms with Crippen molar-refractivity contribution in [3.8, 4) is 18.1 Å². The molecule has 0 saturated carbocycles. The third kappa shape index (κ3) is 5.10. The molecule has 0 unspecified atom stereocenters. The quantitative estimate of drug-likeness (QED) is 0.255. The Morgan fingerprint density at radius 2 is 1.82 bits per heavy atom. The van der Waals surface area contributed by atoms with Crippen molar-refractivity contribution < 1.29 is 14.3 Å². The van der Waals surface area contributed by atoms with Crippen molar-refractivity contribution in [3.63, 3.8) is 0 Å². The Kier molecular flexibility index (Phi) is 7.42. The number of thioether (sulfide) groups is 1. The molecule has 0 spiro atoms. The van der Waals surface area contributed by atoms with Gasteiger partial charge in [-0.15, -0.1) is 6.42 Å². The zero-order valence-corrected chi connectivity index (χ0v) is 19.8. The van der Waals surface area contributed by atoms with Crippen LogP contribution in [0.15, 0.2) is 47.4 Å². The number of carbonyl (C=O) groups excluding carboxylic acids is 2. The number of amides is 2. The number of rotatable bonds is 6. The summed E-state index contributed by atoms with van der Waals surface area (Å²) in [5, 5.41) is -0.231. The van der Waals surface area contributed by atoms with Crippen LogP contribution in [0.4, 0.5) is 4.79 Å². The lowest BCUT2D eigenvalue weighted by molar-refractivity contribution is -0.122. The number of halogens is 2. The Bertz CT molecular complexity index is 960. The first kappa shape index (κ1) is 21.2. The van der Waals surface area contributed by atoms with E-state index >= 15 is 0 Å². The lowest BCUT2D eigenvalue weighted by Gasteiger charge is -2.12. The predicted molar refractivity (Wildman–Crippen MR) is 129 cm³/mol. The number of imide groups is 1. The van der Waals surface area contributed by atoms with Gasteiger partial charge in [0.2, 0.25) is 0 Å². The summed E-state index contributed by atoms with van der Waals surface area (Å²) in [5.74, 6) is 2.93. The first-order valence-electron chi connectivity index (χ1n) is 8.34. The van der Waals surface area contributed by atoms with Crippen LogP contribution < -0.4 is 4.74 Å². The van der Waals surface area contributed by atoms with Crippen molar-refractivity contribution in [2.45, 2.75) is 6.42 Å². The van der Waals surface area contributed by atoms with E-state index in [4.69, 9.17) is 11.2 Å². The second-order valence-electron chi connectivity index (χ2n) is 5.88. The second kappa shape index (κ2) is 9.80. The van der Waals surface area contributed by atoms with Gasteiger partial charge in [0, 0.05) is 6.54 Å². The normalized spacial score (nSPS) is 15.2. The number of benzene rings is 2. The Morgan fingerprint density at radius 1 is 1.14 bits per heavy atom. The Hall–Kier alpha value is -1.51. The van der Waals surface area contributed by atoms with Crippen molar-refractivity contribution in [2.24, 2.45) is 0 Å². The Labute approximate surface area is 195 Å². The first-order valence-corrected chi connectivity index (χ1v) is 11.3. The number of terminal acetylenes is 1. The first-order chi connectivity index (χ1) is 13.5. The van der Waals surface area contributed by atoms with Crippen LogP contribution in [-0.4, -0.2) is 29.2 Å². The predicted octanol–water partition coefficient (Wildman–Crippen LogP) is 5.19. The maximum absolute atomic E-state index is 12.7. The van der Waals surface area contributed by atoms with E-state index in [-0.39, 0.29) is 17.8 Å². The average Bonchev–Trinajstić information content (AvgIpc) is 2.93. The van der Waals surface area contributed by atoms with Gasteiger partial charge >= 0.3 is 0 Å². The van der Waals surface area contributed by atoms with Gasteiger partial charge in [-0.2, -0.15) is 0 Å². The summed E-state index contributed by atoms with van der Waals surface area (Å²) in [4.78, 5) is 26.7. The van der Waals surface area contributed by atoms with E-state index in [0.717, 1.165) is 35.8 Å². The molecule has 7 heteroatoms. The minimum atomic E-state index is -0.247. The fourth-order valence-electron chi connectivity index (χ4n) is 2.64. The van der Waals surface area contributed by atoms with Crippen LogP contribution in [0.1, 0.15) is 11.1 Å². The molecule has 0 atom stereocenters. The zero-order valence-electron chi connectivity index (χ0n) is 14.7. The molecule has 0 aromatic heterocycles. The molecule has 28 heavy (non-hydrogen) atoms. The lowest BCUT2D eigenvalue weighted by atomic mass is 10.1. The molecule has 2 aromatic rings. The number of hydrogen-bond donors (Lipinski definition) is 0. The van der Waals surface area contributed by atoms with Crippen molar-refractivity contribution in [3.05, 3.63) is 65.6 Å². The topological polar surface area (TPSA) is 46.6 Å². The highest BCUT2D eigenvalue weighted by atomic mass is 127. The summed E-state index contributed by atoms with van der Waals surface area (Å²) >= 11 is 5.33. The lowest BCUT2D eigenvalue weighted by Crippen LogP contribution is -2.30. The van der Waals surface area contributed by atoms with Gasteiger partial charge in [-0.1, -0.05) is 36.3 Å². The molecule has 1 aliphatic heterocycles. The Balaban J connectivity index is 1.75. The summed E-state index contributed by atoms with van der Waals surface area (Å²) in [6, 6.07) is 13.6. The van der Waals surface area contributed by atoms with Crippen molar-refractivity contribution >= 4 is 74.2 Å². The highest BCUT2D eigenvalue weighted by Gasteiger charge is 2.34. The highest BCUT2D eigenvalue weighted by molar-refractivity contribution is 14.1. The molecule has 3 rings (SSSR count). The molecule has 0 N–H and O–H groups in total. The third-order valence-corrected chi connectivity index (χ3v) is 6.47. The Morgan fingerprint density at radius 3 is 2.46 bits per heavy atom. The van der Waals surface area contributed by atoms with E-state index in [1.54, 1.807) is 6.08 Å². The fourth-order valence-corrected chi connectivity index (χ4v) is 5.64. The smallest absolute Gasteiger partial charge is 0.293 e. The van der Waals surface area contributed by atoms with Crippen molar-refractivity contribution in [1.29, 1.82) is 0 Å². The van der Waals surface area contributed by atoms with Crippen molar-refractivity contribution in [2.75, 3.05) is 13.2 Å². The van der Waals surface area contributed by atoms with Crippen molar-refractivity contribution in [1.82, 2.24) is 4.90 Å². The maximum atomic E-state index is 12.7. The number of carbonyl (C=O) groups is 2. The van der Waals surface area contributed by atoms with E-state index in [1.165, 1.54) is 4.90 Å². The van der Waals surface area contributed by atoms with E-state index in [2.05, 4.69) is 51.1 Å². The molecule has 1 saturated heterocycles. The minimum absolute atomic E-state index is 0.200. The molecule has 4 nitrogen and oxygen atoms in total. The van der Waals surface area contributed by atoms with Gasteiger partial charge < -0.3 is 4.74 Å². The van der Waals surface area contributed by atoms with Crippen LogP contribution in [0.3, 0.4) is 0 Å². The van der Waals surface area contributed by atoms with Gasteiger partial charge in [-0.05, 0) is 92.7 Å². The molecule has 2 aromatic carbocycles. The van der Waals surface area contributed by atoms with Gasteiger partial charge in [0.1, 0.15) is 12.4 Å². The molecule has 2 amide bonds. The van der Waals surface area contributed by atoms with Gasteiger partial charge in [0.15, 0.2) is 0 Å². The van der Waals surface area contributed by atoms with Gasteiger partial charge in [-0.25, -0.2) is 0 Å². The molecule has 1 heterocycles. The van der Waals surface area contributed by atoms with Crippen LogP contribution in [0, 0.1) is 19.5 Å². The summed E-state index contributed by atoms with van der Waals surface area (Å²) in [5.41, 5.74) is 1.94. The van der Waals surface area contributed by atoms with Gasteiger partial charge in [0.25, 0.3) is 11.1 Å². The monoisotopic (exact) mass is 615 g/mol. The highest BCUT2D eigenvalue weighted by Crippen LogP contribution is 2.34. The van der Waals surface area contributed by atoms with Crippen LogP contribution in [0.2, 0.25) is 0 Å². The molecule has 142 valence electrons. The van der Waals surface area contributed by atoms with Gasteiger partial charge in [-0.3, -0.25) is 14.5 Å². The van der Waals surface area contributed by atoms with Gasteiger partial charge in [0.05, 0.1) is 12.0 Å². The molecule has 0 aliphatic carbocycles. The molecule has 1 aliphatic rings. The fraction of sp³-hybridized carbons (Fsp3) is 0.143. The van der Waals surface area contributed by atoms with E-state index in [1.807, 2.05) is 42.5 Å². The summed E-state index contributed by atoms with van der Waals surface area (Å²) in [7, 11) is 0. The maximum Gasteiger partial charge on any atom is 0.293 e. The third-order valence-electron chi connectivity index (χ3n) is 3.96. The van der Waals surface area contributed by atoms with Crippen LogP contribution >= 0.6 is 56.9 Å². The summed E-state index contributed by atoms with van der Waals surface area (Å²) in [6.07, 6.45) is 7.65. The van der Waals surface area contributed by atoms with E-state index in [0.29, 0.717) is 17.9 Å². The largest absolute Gasteiger partial charge is 0.479 e. The zero-order chi connectivity index (χ0) is 20.1. The average molecular weight is 615 g/mol. The molecule has 0 bridgehead atoms. The van der Waals surface area contributed by atoms with Crippen LogP contribution in [-0.2, 0) is 11.2 Å². The number of nitrogens with zero attached hydrogens (tertiary/aromatic N) is 1. The second-order valence-corrected chi connectivity index (χ2v) is 9.19. The van der Waals surface area contributed by atoms with E-state index < -0.39 is 0 Å². The van der Waals surface area contributed by atoms with Crippen LogP contribution in [0.5, 0.6) is 5.75 Å². The molecular weight excluding hydrogens is 600 g/mol. The van der Waals surface area contributed by atoms with Crippen LogP contribution in [0.25, 0.3) is 6.08 Å². The SMILES string of the molecule is C#CCOc1c(I)cc(/C=C2\SC(=O)N(CCc3ccccc3)C2=O)cc1I. The number of ether oxygens (including phenoxy) is 1. The molecular formula is C21H15I2NO3S. The molecule has 1 fully saturated rings. The molecule has 0 radical (unpaired) electrons. The standard InChI is InChI=1S/C21H15I2NO3S/c1-2-10-27-19-16(22)11-15(12-17(19)23)13-18-20(25)24(21(26)28-18)9-8-14-6-4-3-5-7-14/h1,3-7,11-13H,8-10H2/b18-13-. The van der Waals surface area contributed by atoms with E-state index in [9.17, 15) is 9.59 Å². The number of hydrogen-bond acceptors (Lipinski definition) is 4. The summed E-state index contributed by atoms with van der Waals surface area (Å²) in [6.45, 7) is 0.575. The minimum Gasteiger partial charge on any atom is -0.479 e. The summed E-state index contributed by atoms with van der Waals surface area (Å²) < 4.78 is 7.36.